The van der Waals surface area contributed by atoms with E-state index in [1.807, 2.05) is 6.92 Å². The number of nitrogens with one attached hydrogen (secondary N) is 1. The summed E-state index contributed by atoms with van der Waals surface area (Å²) in [7, 11) is 0. The summed E-state index contributed by atoms with van der Waals surface area (Å²) in [5.41, 5.74) is 1.26. The number of benzene rings is 1. The lowest BCUT2D eigenvalue weighted by molar-refractivity contribution is 0.482. The van der Waals surface area contributed by atoms with Gasteiger partial charge in [0.15, 0.2) is 0 Å². The van der Waals surface area contributed by atoms with Crippen molar-refractivity contribution in [2.45, 2.75) is 45.1 Å². The first-order chi connectivity index (χ1) is 9.63. The van der Waals surface area contributed by atoms with Crippen molar-refractivity contribution in [3.05, 3.63) is 45.5 Å². The molecule has 0 bridgehead atoms. The predicted octanol–water partition coefficient (Wildman–Crippen LogP) is 5.27. The fourth-order valence-corrected chi connectivity index (χ4v) is 3.06. The summed E-state index contributed by atoms with van der Waals surface area (Å²) in [6.07, 6.45) is 7.24. The third kappa shape index (κ3) is 3.67. The van der Waals surface area contributed by atoms with Gasteiger partial charge in [0.05, 0.1) is 6.04 Å². The minimum Gasteiger partial charge on any atom is -0.306 e. The minimum atomic E-state index is -0.489. The maximum atomic E-state index is 14.2. The SMILES string of the molecule is CCCNC(C1=CCCCC1)c1c(F)cc(Br)cc1F. The van der Waals surface area contributed by atoms with Crippen LogP contribution in [0.1, 0.15) is 50.6 Å². The lowest BCUT2D eigenvalue weighted by Crippen LogP contribution is -2.26. The maximum Gasteiger partial charge on any atom is 0.132 e. The van der Waals surface area contributed by atoms with Crippen molar-refractivity contribution >= 4 is 15.9 Å². The molecule has 0 spiro atoms. The Balaban J connectivity index is 2.38. The summed E-state index contributed by atoms with van der Waals surface area (Å²) in [5, 5.41) is 3.29. The van der Waals surface area contributed by atoms with E-state index >= 15 is 0 Å². The normalized spacial score (nSPS) is 16.9. The van der Waals surface area contributed by atoms with Crippen molar-refractivity contribution in [3.63, 3.8) is 0 Å². The van der Waals surface area contributed by atoms with E-state index in [4.69, 9.17) is 0 Å². The van der Waals surface area contributed by atoms with Gasteiger partial charge in [0.2, 0.25) is 0 Å². The van der Waals surface area contributed by atoms with Crippen molar-refractivity contribution in [1.82, 2.24) is 5.32 Å². The lowest BCUT2D eigenvalue weighted by Gasteiger charge is -2.25. The van der Waals surface area contributed by atoms with E-state index in [2.05, 4.69) is 27.3 Å². The highest BCUT2D eigenvalue weighted by atomic mass is 79.9. The first-order valence-corrected chi connectivity index (χ1v) is 7.99. The van der Waals surface area contributed by atoms with E-state index in [1.54, 1.807) is 0 Å². The van der Waals surface area contributed by atoms with Crippen molar-refractivity contribution in [1.29, 1.82) is 0 Å². The van der Waals surface area contributed by atoms with E-state index in [9.17, 15) is 8.78 Å². The molecule has 0 amide bonds. The average molecular weight is 344 g/mol. The van der Waals surface area contributed by atoms with Gasteiger partial charge in [-0.1, -0.05) is 34.5 Å². The van der Waals surface area contributed by atoms with Crippen molar-refractivity contribution < 1.29 is 8.78 Å². The quantitative estimate of drug-likeness (QED) is 0.718. The van der Waals surface area contributed by atoms with E-state index in [1.165, 1.54) is 12.1 Å². The second-order valence-corrected chi connectivity index (χ2v) is 6.11. The Labute approximate surface area is 127 Å². The topological polar surface area (TPSA) is 12.0 Å². The Morgan fingerprint density at radius 3 is 2.50 bits per heavy atom. The van der Waals surface area contributed by atoms with Gasteiger partial charge in [0.1, 0.15) is 11.6 Å². The third-order valence-electron chi connectivity index (χ3n) is 3.63. The van der Waals surface area contributed by atoms with Gasteiger partial charge >= 0.3 is 0 Å². The highest BCUT2D eigenvalue weighted by molar-refractivity contribution is 9.10. The van der Waals surface area contributed by atoms with Crippen LogP contribution in [-0.4, -0.2) is 6.54 Å². The molecule has 1 atom stereocenters. The van der Waals surface area contributed by atoms with Gasteiger partial charge in [-0.3, -0.25) is 0 Å². The molecule has 0 aliphatic heterocycles. The van der Waals surface area contributed by atoms with Crippen LogP contribution in [0.3, 0.4) is 0 Å². The molecule has 1 unspecified atom stereocenters. The van der Waals surface area contributed by atoms with E-state index in [0.29, 0.717) is 4.47 Å². The summed E-state index contributed by atoms with van der Waals surface area (Å²) in [5.74, 6) is -0.978. The molecule has 1 aromatic carbocycles. The van der Waals surface area contributed by atoms with Gasteiger partial charge in [-0.25, -0.2) is 8.78 Å². The molecule has 0 heterocycles. The largest absolute Gasteiger partial charge is 0.306 e. The van der Waals surface area contributed by atoms with Crippen LogP contribution in [0.2, 0.25) is 0 Å². The minimum absolute atomic E-state index is 0.148. The maximum absolute atomic E-state index is 14.2. The zero-order chi connectivity index (χ0) is 14.5. The standard InChI is InChI=1S/C16H20BrF2N/c1-2-8-20-16(11-6-4-3-5-7-11)15-13(18)9-12(17)10-14(15)19/h6,9-10,16,20H,2-5,7-8H2,1H3. The molecule has 0 saturated carbocycles. The average Bonchev–Trinajstić information content (AvgIpc) is 2.42. The Morgan fingerprint density at radius 2 is 1.95 bits per heavy atom. The van der Waals surface area contributed by atoms with Crippen LogP contribution in [0.25, 0.3) is 0 Å². The van der Waals surface area contributed by atoms with Crippen LogP contribution in [0.5, 0.6) is 0 Å². The summed E-state index contributed by atoms with van der Waals surface area (Å²) < 4.78 is 28.8. The molecular formula is C16H20BrF2N. The molecule has 0 fully saturated rings. The van der Waals surface area contributed by atoms with Gasteiger partial charge in [-0.05, 0) is 50.8 Å². The zero-order valence-electron chi connectivity index (χ0n) is 11.7. The van der Waals surface area contributed by atoms with Gasteiger partial charge in [0, 0.05) is 10.0 Å². The van der Waals surface area contributed by atoms with Gasteiger partial charge < -0.3 is 5.32 Å². The van der Waals surface area contributed by atoms with Gasteiger partial charge in [0.25, 0.3) is 0 Å². The summed E-state index contributed by atoms with van der Waals surface area (Å²) in [6.45, 7) is 2.80. The molecule has 0 aromatic heterocycles. The molecule has 1 aliphatic rings. The van der Waals surface area contributed by atoms with E-state index < -0.39 is 11.6 Å². The summed E-state index contributed by atoms with van der Waals surface area (Å²) >= 11 is 3.13. The Kier molecular flexibility index (Phi) is 5.73. The monoisotopic (exact) mass is 343 g/mol. The molecule has 0 saturated heterocycles. The number of halogens is 3. The molecule has 0 radical (unpaired) electrons. The van der Waals surface area contributed by atoms with Crippen LogP contribution in [-0.2, 0) is 0 Å². The van der Waals surface area contributed by atoms with Crippen LogP contribution in [0.15, 0.2) is 28.3 Å². The van der Waals surface area contributed by atoms with Gasteiger partial charge in [-0.15, -0.1) is 0 Å². The number of allylic oxidation sites excluding steroid dienone is 1. The van der Waals surface area contributed by atoms with Crippen LogP contribution >= 0.6 is 15.9 Å². The molecule has 1 nitrogen and oxygen atoms in total. The smallest absolute Gasteiger partial charge is 0.132 e. The van der Waals surface area contributed by atoms with Crippen molar-refractivity contribution in [3.8, 4) is 0 Å². The molecule has 2 rings (SSSR count). The second kappa shape index (κ2) is 7.32. The predicted molar refractivity (Wildman–Crippen MR) is 81.6 cm³/mol. The molecule has 4 heteroatoms. The number of hydrogen-bond acceptors (Lipinski definition) is 1. The second-order valence-electron chi connectivity index (χ2n) is 5.20. The molecule has 1 aliphatic carbocycles. The van der Waals surface area contributed by atoms with E-state index in [0.717, 1.165) is 44.2 Å². The molecule has 20 heavy (non-hydrogen) atoms. The Morgan fingerprint density at radius 1 is 1.25 bits per heavy atom. The van der Waals surface area contributed by atoms with Crippen LogP contribution in [0, 0.1) is 11.6 Å². The number of rotatable bonds is 5. The third-order valence-corrected chi connectivity index (χ3v) is 4.09. The van der Waals surface area contributed by atoms with Gasteiger partial charge in [-0.2, -0.15) is 0 Å². The first-order valence-electron chi connectivity index (χ1n) is 7.20. The molecule has 110 valence electrons. The highest BCUT2D eigenvalue weighted by Gasteiger charge is 2.24. The molecule has 1 N–H and O–H groups in total. The summed E-state index contributed by atoms with van der Waals surface area (Å²) in [4.78, 5) is 0. The zero-order valence-corrected chi connectivity index (χ0v) is 13.3. The summed E-state index contributed by atoms with van der Waals surface area (Å²) in [6, 6.07) is 2.33. The fraction of sp³-hybridized carbons (Fsp3) is 0.500. The van der Waals surface area contributed by atoms with E-state index in [-0.39, 0.29) is 11.6 Å². The fourth-order valence-electron chi connectivity index (χ4n) is 2.66. The van der Waals surface area contributed by atoms with Crippen LogP contribution < -0.4 is 5.32 Å². The van der Waals surface area contributed by atoms with Crippen molar-refractivity contribution in [2.24, 2.45) is 0 Å². The number of hydrogen-bond donors (Lipinski definition) is 1. The Hall–Kier alpha value is -0.740. The Bertz CT molecular complexity index is 476. The highest BCUT2D eigenvalue weighted by Crippen LogP contribution is 2.33. The first kappa shape index (κ1) is 15.6. The molecule has 1 aromatic rings. The molecular weight excluding hydrogens is 324 g/mol. The van der Waals surface area contributed by atoms with Crippen molar-refractivity contribution in [2.75, 3.05) is 6.54 Å². The van der Waals surface area contributed by atoms with Crippen LogP contribution in [0.4, 0.5) is 8.78 Å². The lowest BCUT2D eigenvalue weighted by atomic mass is 9.89.